The van der Waals surface area contributed by atoms with E-state index < -0.39 is 17.9 Å². The van der Waals surface area contributed by atoms with Gasteiger partial charge in [-0.1, -0.05) is 6.07 Å². The number of carbonyl (C=O) groups excluding carboxylic acids is 2. The number of pyridine rings is 1. The summed E-state index contributed by atoms with van der Waals surface area (Å²) < 4.78 is 0. The number of hydrogen-bond acceptors (Lipinski definition) is 6. The predicted molar refractivity (Wildman–Crippen MR) is 62.9 cm³/mol. The van der Waals surface area contributed by atoms with Crippen molar-refractivity contribution in [1.82, 2.24) is 10.3 Å². The Labute approximate surface area is 101 Å². The zero-order valence-electron chi connectivity index (χ0n) is 8.16. The molecule has 5 nitrogen and oxygen atoms in total. The minimum atomic E-state index is -1.11. The molecule has 1 fully saturated rings. The Hall–Kier alpha value is -1.05. The molecule has 1 saturated heterocycles. The quantitative estimate of drug-likeness (QED) is 0.386. The fraction of sp³-hybridized carbons (Fsp3) is 0.222. The second-order valence-corrected chi connectivity index (χ2v) is 4.04. The Morgan fingerprint density at radius 1 is 1.50 bits per heavy atom. The van der Waals surface area contributed by atoms with Crippen molar-refractivity contribution >= 4 is 34.3 Å². The van der Waals surface area contributed by atoms with Crippen molar-refractivity contribution in [3.05, 3.63) is 24.4 Å². The van der Waals surface area contributed by atoms with Crippen LogP contribution in [0.25, 0.3) is 0 Å². The minimum absolute atomic E-state index is 0.0845. The maximum atomic E-state index is 10.2. The van der Waals surface area contributed by atoms with Crippen LogP contribution in [0.1, 0.15) is 6.42 Å². The van der Waals surface area contributed by atoms with Gasteiger partial charge in [0, 0.05) is 6.20 Å². The standard InChI is InChI=1S/C5H5NS2.C4H5NO3/c7-8-5-3-1-2-4-6-5;6-2-1-3(7)5-4(2)8/h1-4,7H;2,6H,1H2,(H,5,7,8). The highest BCUT2D eigenvalue weighted by Crippen LogP contribution is 2.16. The van der Waals surface area contributed by atoms with Gasteiger partial charge >= 0.3 is 0 Å². The molecule has 0 radical (unpaired) electrons. The molecular weight excluding hydrogens is 248 g/mol. The average Bonchev–Trinajstić information content (AvgIpc) is 2.58. The topological polar surface area (TPSA) is 79.3 Å². The summed E-state index contributed by atoms with van der Waals surface area (Å²) in [4.78, 5) is 24.4. The highest BCUT2D eigenvalue weighted by molar-refractivity contribution is 8.68. The molecule has 2 rings (SSSR count). The van der Waals surface area contributed by atoms with Gasteiger partial charge < -0.3 is 5.11 Å². The first-order valence-corrected chi connectivity index (χ1v) is 6.24. The van der Waals surface area contributed by atoms with Gasteiger partial charge in [-0.05, 0) is 22.9 Å². The van der Waals surface area contributed by atoms with Gasteiger partial charge in [0.15, 0.2) is 0 Å². The summed E-state index contributed by atoms with van der Waals surface area (Å²) in [6, 6.07) is 5.73. The van der Waals surface area contributed by atoms with Crippen molar-refractivity contribution in [3.8, 4) is 0 Å². The number of aliphatic hydroxyl groups excluding tert-OH is 1. The van der Waals surface area contributed by atoms with Crippen molar-refractivity contribution in [3.63, 3.8) is 0 Å². The van der Waals surface area contributed by atoms with Gasteiger partial charge in [0.2, 0.25) is 5.91 Å². The maximum absolute atomic E-state index is 10.2. The fourth-order valence-electron chi connectivity index (χ4n) is 0.941. The number of nitrogens with zero attached hydrogens (tertiary/aromatic N) is 1. The first kappa shape index (κ1) is 13.0. The molecule has 1 aromatic rings. The molecule has 0 aliphatic carbocycles. The van der Waals surface area contributed by atoms with Gasteiger partial charge in [0.1, 0.15) is 11.1 Å². The number of carbonyl (C=O) groups is 2. The van der Waals surface area contributed by atoms with Gasteiger partial charge in [-0.25, -0.2) is 4.98 Å². The first-order chi connectivity index (χ1) is 7.63. The van der Waals surface area contributed by atoms with Crippen LogP contribution >= 0.6 is 22.5 Å². The molecule has 16 heavy (non-hydrogen) atoms. The second-order valence-electron chi connectivity index (χ2n) is 2.89. The molecule has 1 aliphatic rings. The number of aromatic nitrogens is 1. The van der Waals surface area contributed by atoms with Crippen LogP contribution in [0.4, 0.5) is 0 Å². The average molecular weight is 258 g/mol. The van der Waals surface area contributed by atoms with Crippen LogP contribution in [0.5, 0.6) is 0 Å². The summed E-state index contributed by atoms with van der Waals surface area (Å²) in [7, 11) is 1.35. The number of thiol groups is 1. The van der Waals surface area contributed by atoms with Gasteiger partial charge in [-0.15, -0.1) is 11.7 Å². The first-order valence-electron chi connectivity index (χ1n) is 4.37. The molecule has 0 spiro atoms. The van der Waals surface area contributed by atoms with Crippen molar-refractivity contribution in [2.45, 2.75) is 17.6 Å². The van der Waals surface area contributed by atoms with Crippen LogP contribution in [0.15, 0.2) is 29.4 Å². The molecule has 7 heteroatoms. The zero-order chi connectivity index (χ0) is 12.0. The molecule has 0 aromatic carbocycles. The third-order valence-electron chi connectivity index (χ3n) is 1.68. The molecule has 2 N–H and O–H groups in total. The predicted octanol–water partition coefficient (Wildman–Crippen LogP) is 0.412. The Morgan fingerprint density at radius 2 is 2.25 bits per heavy atom. The van der Waals surface area contributed by atoms with Crippen LogP contribution in [-0.4, -0.2) is 28.0 Å². The normalized spacial score (nSPS) is 18.8. The van der Waals surface area contributed by atoms with E-state index in [9.17, 15) is 9.59 Å². The Morgan fingerprint density at radius 3 is 2.50 bits per heavy atom. The van der Waals surface area contributed by atoms with E-state index in [4.69, 9.17) is 5.11 Å². The summed E-state index contributed by atoms with van der Waals surface area (Å²) in [5.41, 5.74) is 0. The number of hydrogen-bond donors (Lipinski definition) is 3. The number of amides is 2. The molecule has 1 unspecified atom stereocenters. The third-order valence-corrected chi connectivity index (χ3v) is 2.67. The molecule has 1 aliphatic heterocycles. The van der Waals surface area contributed by atoms with Crippen LogP contribution in [0, 0.1) is 0 Å². The number of nitrogens with one attached hydrogen (secondary N) is 1. The fourth-order valence-corrected chi connectivity index (χ4v) is 1.51. The molecule has 2 heterocycles. The zero-order valence-corrected chi connectivity index (χ0v) is 9.87. The number of imide groups is 1. The highest BCUT2D eigenvalue weighted by atomic mass is 33.1. The Balaban J connectivity index is 0.000000160. The summed E-state index contributed by atoms with van der Waals surface area (Å²) >= 11 is 3.96. The number of aliphatic hydroxyl groups is 1. The van der Waals surface area contributed by atoms with E-state index in [-0.39, 0.29) is 6.42 Å². The minimum Gasteiger partial charge on any atom is -0.383 e. The van der Waals surface area contributed by atoms with E-state index in [0.717, 1.165) is 5.03 Å². The molecular formula is C9H10N2O3S2. The van der Waals surface area contributed by atoms with Crippen LogP contribution < -0.4 is 5.32 Å². The van der Waals surface area contributed by atoms with Gasteiger partial charge in [-0.3, -0.25) is 14.9 Å². The summed E-state index contributed by atoms with van der Waals surface area (Å²) in [5.74, 6) is -0.988. The molecule has 0 bridgehead atoms. The van der Waals surface area contributed by atoms with E-state index in [1.54, 1.807) is 6.20 Å². The summed E-state index contributed by atoms with van der Waals surface area (Å²) in [6.07, 6.45) is 0.555. The van der Waals surface area contributed by atoms with Gasteiger partial charge in [0.05, 0.1) is 6.42 Å². The van der Waals surface area contributed by atoms with E-state index in [2.05, 4.69) is 16.6 Å². The largest absolute Gasteiger partial charge is 0.383 e. The van der Waals surface area contributed by atoms with E-state index in [0.29, 0.717) is 0 Å². The number of rotatable bonds is 1. The van der Waals surface area contributed by atoms with Crippen molar-refractivity contribution < 1.29 is 14.7 Å². The van der Waals surface area contributed by atoms with Crippen LogP contribution in [0.3, 0.4) is 0 Å². The van der Waals surface area contributed by atoms with Gasteiger partial charge in [-0.2, -0.15) is 0 Å². The van der Waals surface area contributed by atoms with Crippen molar-refractivity contribution in [1.29, 1.82) is 0 Å². The molecule has 1 aromatic heterocycles. The summed E-state index contributed by atoms with van der Waals surface area (Å²) in [6.45, 7) is 0. The molecule has 0 saturated carbocycles. The molecule has 86 valence electrons. The monoisotopic (exact) mass is 258 g/mol. The van der Waals surface area contributed by atoms with E-state index >= 15 is 0 Å². The molecule has 2 amide bonds. The molecule has 1 atom stereocenters. The van der Waals surface area contributed by atoms with Crippen molar-refractivity contribution in [2.24, 2.45) is 0 Å². The lowest BCUT2D eigenvalue weighted by Gasteiger charge is -1.88. The van der Waals surface area contributed by atoms with Gasteiger partial charge in [0.25, 0.3) is 5.91 Å². The lowest BCUT2D eigenvalue weighted by atomic mass is 10.3. The maximum Gasteiger partial charge on any atom is 0.255 e. The highest BCUT2D eigenvalue weighted by Gasteiger charge is 2.27. The summed E-state index contributed by atoms with van der Waals surface area (Å²) in [5, 5.41) is 11.4. The smallest absolute Gasteiger partial charge is 0.255 e. The van der Waals surface area contributed by atoms with E-state index in [1.807, 2.05) is 23.5 Å². The van der Waals surface area contributed by atoms with Crippen LogP contribution in [-0.2, 0) is 9.59 Å². The van der Waals surface area contributed by atoms with Crippen molar-refractivity contribution in [2.75, 3.05) is 0 Å². The Bertz CT molecular complexity index is 372. The SMILES string of the molecule is O=C1CC(O)C(=O)N1.SSc1ccccn1. The lowest BCUT2D eigenvalue weighted by Crippen LogP contribution is -2.24. The van der Waals surface area contributed by atoms with Crippen LogP contribution in [0.2, 0.25) is 0 Å². The lowest BCUT2D eigenvalue weighted by molar-refractivity contribution is -0.127. The second kappa shape index (κ2) is 6.51. The Kier molecular flexibility index (Phi) is 5.30. The van der Waals surface area contributed by atoms with E-state index in [1.165, 1.54) is 10.8 Å². The third kappa shape index (κ3) is 4.21.